The van der Waals surface area contributed by atoms with Crippen LogP contribution in [-0.4, -0.2) is 73.5 Å². The molecule has 1 aromatic carbocycles. The van der Waals surface area contributed by atoms with Gasteiger partial charge in [-0.3, -0.25) is 9.80 Å². The van der Waals surface area contributed by atoms with Crippen LogP contribution in [0.25, 0.3) is 21.3 Å². The fourth-order valence-electron chi connectivity index (χ4n) is 5.59. The summed E-state index contributed by atoms with van der Waals surface area (Å²) in [5.41, 5.74) is 4.92. The summed E-state index contributed by atoms with van der Waals surface area (Å²) < 4.78 is 11.1. The van der Waals surface area contributed by atoms with Gasteiger partial charge in [-0.15, -0.1) is 11.3 Å². The highest BCUT2D eigenvalue weighted by atomic mass is 32.1. The molecule has 38 heavy (non-hydrogen) atoms. The molecule has 9 heteroatoms. The molecule has 6 rings (SSSR count). The predicted molar refractivity (Wildman–Crippen MR) is 151 cm³/mol. The van der Waals surface area contributed by atoms with E-state index in [9.17, 15) is 9.59 Å². The van der Waals surface area contributed by atoms with Crippen LogP contribution >= 0.6 is 11.3 Å². The number of rotatable bonds is 6. The van der Waals surface area contributed by atoms with Crippen LogP contribution in [0, 0.1) is 0 Å². The van der Waals surface area contributed by atoms with Gasteiger partial charge in [0, 0.05) is 53.3 Å². The first-order chi connectivity index (χ1) is 18.5. The summed E-state index contributed by atoms with van der Waals surface area (Å²) in [7, 11) is 3.81. The van der Waals surface area contributed by atoms with Gasteiger partial charge < -0.3 is 19.4 Å². The Labute approximate surface area is 226 Å². The lowest BCUT2D eigenvalue weighted by Crippen LogP contribution is -2.42. The van der Waals surface area contributed by atoms with Gasteiger partial charge in [-0.25, -0.2) is 4.79 Å². The number of carbonyl (C=O) groups is 1. The summed E-state index contributed by atoms with van der Waals surface area (Å²) in [6, 6.07) is 4.26. The van der Waals surface area contributed by atoms with Crippen LogP contribution in [-0.2, 0) is 11.2 Å². The Morgan fingerprint density at radius 1 is 1.18 bits per heavy atom. The average molecular weight is 535 g/mol. The summed E-state index contributed by atoms with van der Waals surface area (Å²) >= 11 is 1.82. The zero-order valence-electron chi connectivity index (χ0n) is 22.3. The van der Waals surface area contributed by atoms with E-state index in [1.165, 1.54) is 22.3 Å². The Morgan fingerprint density at radius 2 is 1.97 bits per heavy atom. The van der Waals surface area contributed by atoms with Crippen molar-refractivity contribution in [2.24, 2.45) is 5.10 Å². The van der Waals surface area contributed by atoms with Crippen LogP contribution in [0.4, 0.5) is 0 Å². The van der Waals surface area contributed by atoms with E-state index >= 15 is 0 Å². The second-order valence-electron chi connectivity index (χ2n) is 10.4. The number of carbonyl (C=O) groups excluding carboxylic acids is 1. The summed E-state index contributed by atoms with van der Waals surface area (Å²) in [5.74, 6) is 0.435. The van der Waals surface area contributed by atoms with Crippen LogP contribution in [0.1, 0.15) is 64.9 Å². The number of fused-ring (bicyclic) bond motifs is 2. The minimum atomic E-state index is -0.607. The Balaban J connectivity index is 1.47. The number of pyridine rings is 1. The number of H-pyrrole nitrogens is 1. The molecule has 3 heterocycles. The van der Waals surface area contributed by atoms with Gasteiger partial charge in [0.25, 0.3) is 0 Å². The number of ether oxygens (including phenoxy) is 2. The Morgan fingerprint density at radius 3 is 2.68 bits per heavy atom. The number of thiophene rings is 1. The highest BCUT2D eigenvalue weighted by molar-refractivity contribution is 7.16. The number of nitrogens with zero attached hydrogens (tertiary/aromatic N) is 3. The number of hydrogen-bond acceptors (Lipinski definition) is 8. The molecule has 1 saturated carbocycles. The molecule has 0 bridgehead atoms. The Kier molecular flexibility index (Phi) is 6.74. The first kappa shape index (κ1) is 25.1. The molecule has 1 N–H and O–H groups in total. The number of likely N-dealkylation sites (N-methyl/N-ethyl adjacent to an activating group) is 1. The van der Waals surface area contributed by atoms with E-state index in [1.54, 1.807) is 14.0 Å². The van der Waals surface area contributed by atoms with E-state index in [2.05, 4.69) is 28.0 Å². The maximum Gasteiger partial charge on any atom is 0.343 e. The molecule has 1 saturated heterocycles. The normalized spacial score (nSPS) is 19.1. The van der Waals surface area contributed by atoms with Crippen molar-refractivity contribution in [2.45, 2.75) is 44.9 Å². The fraction of sp³-hybridized carbons (Fsp3) is 0.483. The first-order valence-electron chi connectivity index (χ1n) is 13.6. The number of hydrazone groups is 1. The van der Waals surface area contributed by atoms with Gasteiger partial charge >= 0.3 is 5.97 Å². The third-order valence-electron chi connectivity index (χ3n) is 7.80. The average Bonchev–Trinajstić information content (AvgIpc) is 3.67. The smallest absolute Gasteiger partial charge is 0.343 e. The van der Waals surface area contributed by atoms with E-state index in [0.29, 0.717) is 22.6 Å². The molecule has 0 spiro atoms. The lowest BCUT2D eigenvalue weighted by molar-refractivity contribution is 0.0524. The number of aryl methyl sites for hydroxylation is 1. The van der Waals surface area contributed by atoms with Gasteiger partial charge in [-0.2, -0.15) is 5.10 Å². The van der Waals surface area contributed by atoms with Crippen LogP contribution in [0.15, 0.2) is 28.2 Å². The zero-order chi connectivity index (χ0) is 26.4. The van der Waals surface area contributed by atoms with Crippen molar-refractivity contribution < 1.29 is 14.3 Å². The summed E-state index contributed by atoms with van der Waals surface area (Å²) in [6.07, 6.45) is 6.76. The first-order valence-corrected chi connectivity index (χ1v) is 14.4. The number of esters is 1. The summed E-state index contributed by atoms with van der Waals surface area (Å²) in [6.45, 7) is 5.93. The minimum Gasteiger partial charge on any atom is -0.494 e. The molecular formula is C29H34N4O4S. The molecule has 2 fully saturated rings. The molecule has 3 aliphatic rings. The van der Waals surface area contributed by atoms with E-state index in [0.717, 1.165) is 74.3 Å². The van der Waals surface area contributed by atoms with Crippen molar-refractivity contribution in [3.63, 3.8) is 0 Å². The van der Waals surface area contributed by atoms with Crippen LogP contribution in [0.5, 0.6) is 5.75 Å². The predicted octanol–water partition coefficient (Wildman–Crippen LogP) is 4.61. The van der Waals surface area contributed by atoms with Crippen LogP contribution in [0.2, 0.25) is 0 Å². The van der Waals surface area contributed by atoms with Crippen molar-refractivity contribution in [3.8, 4) is 16.2 Å². The maximum atomic E-state index is 13.4. The number of aromatic nitrogens is 1. The van der Waals surface area contributed by atoms with Gasteiger partial charge in [0.1, 0.15) is 5.56 Å². The van der Waals surface area contributed by atoms with Crippen molar-refractivity contribution in [1.29, 1.82) is 0 Å². The number of nitrogens with one attached hydrogen (secondary N) is 1. The van der Waals surface area contributed by atoms with E-state index in [4.69, 9.17) is 14.6 Å². The summed E-state index contributed by atoms with van der Waals surface area (Å²) in [5, 5.41) is 7.79. The molecule has 3 aromatic rings. The van der Waals surface area contributed by atoms with Gasteiger partial charge in [0.15, 0.2) is 5.75 Å². The quantitative estimate of drug-likeness (QED) is 0.465. The molecular weight excluding hydrogens is 500 g/mol. The molecule has 0 radical (unpaired) electrons. The number of methoxy groups -OCH3 is 1. The molecule has 0 amide bonds. The second kappa shape index (κ2) is 10.2. The minimum absolute atomic E-state index is 0.0206. The zero-order valence-corrected chi connectivity index (χ0v) is 23.1. The molecule has 0 unspecified atom stereocenters. The topological polar surface area (TPSA) is 87.2 Å². The second-order valence-corrected chi connectivity index (χ2v) is 11.6. The monoisotopic (exact) mass is 534 g/mol. The maximum absolute atomic E-state index is 13.4. The van der Waals surface area contributed by atoms with Gasteiger partial charge in [0.2, 0.25) is 5.43 Å². The lowest BCUT2D eigenvalue weighted by Gasteiger charge is -2.31. The highest BCUT2D eigenvalue weighted by Gasteiger charge is 2.32. The lowest BCUT2D eigenvalue weighted by atomic mass is 9.94. The molecule has 2 aliphatic carbocycles. The largest absolute Gasteiger partial charge is 0.494 e. The molecule has 2 aromatic heterocycles. The number of aromatic amines is 1. The number of hydrogen-bond donors (Lipinski definition) is 1. The third kappa shape index (κ3) is 4.52. The van der Waals surface area contributed by atoms with Gasteiger partial charge in [-0.05, 0) is 69.7 Å². The SMILES string of the molecule is CCOC(=O)c1c[nH]c2c(OC)c(-c3cc4c(s3)CCC/C4=N\N3CCN(C)CC3)c(C3CC3)cc2c1=O. The Hall–Kier alpha value is -3.17. The number of piperazine rings is 1. The molecule has 1 aliphatic heterocycles. The summed E-state index contributed by atoms with van der Waals surface area (Å²) in [4.78, 5) is 33.8. The number of benzene rings is 1. The Bertz CT molecular complexity index is 1480. The van der Waals surface area contributed by atoms with Gasteiger partial charge in [0.05, 0.1) is 30.3 Å². The van der Waals surface area contributed by atoms with Gasteiger partial charge in [-0.1, -0.05) is 0 Å². The van der Waals surface area contributed by atoms with Crippen LogP contribution < -0.4 is 10.2 Å². The molecule has 8 nitrogen and oxygen atoms in total. The standard InChI is InChI=1S/C29H34N4O4S/c1-4-37-29(35)21-16-30-26-20(27(21)34)14-18(17-8-9-17)25(28(26)36-3)24-15-19-22(6-5-7-23(19)38-24)31-33-12-10-32(2)11-13-33/h14-17H,4-13H2,1-3H3,(H,30,34)/b31-22+. The van der Waals surface area contributed by atoms with E-state index in [-0.39, 0.29) is 17.6 Å². The molecule has 0 atom stereocenters. The van der Waals surface area contributed by atoms with Crippen molar-refractivity contribution in [1.82, 2.24) is 14.9 Å². The van der Waals surface area contributed by atoms with Crippen molar-refractivity contribution >= 4 is 33.9 Å². The third-order valence-corrected chi connectivity index (χ3v) is 9.02. The molecule has 200 valence electrons. The van der Waals surface area contributed by atoms with Crippen molar-refractivity contribution in [3.05, 3.63) is 50.1 Å². The van der Waals surface area contributed by atoms with E-state index in [1.807, 2.05) is 17.4 Å². The fourth-order valence-corrected chi connectivity index (χ4v) is 6.88. The van der Waals surface area contributed by atoms with Crippen molar-refractivity contribution in [2.75, 3.05) is 46.9 Å². The van der Waals surface area contributed by atoms with Crippen LogP contribution in [0.3, 0.4) is 0 Å². The highest BCUT2D eigenvalue weighted by Crippen LogP contribution is 2.51. The van der Waals surface area contributed by atoms with E-state index < -0.39 is 5.97 Å².